The van der Waals surface area contributed by atoms with Crippen molar-refractivity contribution >= 4 is 21.9 Å². The van der Waals surface area contributed by atoms with Crippen LogP contribution in [0.1, 0.15) is 30.1 Å². The Labute approximate surface area is 168 Å². The second kappa shape index (κ2) is 8.93. The molecule has 0 aliphatic rings. The minimum Gasteiger partial charge on any atom is -0.403 e. The number of benzene rings is 1. The summed E-state index contributed by atoms with van der Waals surface area (Å²) < 4.78 is 31.8. The molecule has 1 aromatic carbocycles. The number of carbonyl (C=O) groups excluding carboxylic acids is 1. The molecular formula is C19H21N5O4S. The SMILES string of the molecule is CCCCN(C)S(=O)(=O)c1ccc(C(=O)Nc2nnc(-c3ccncc3)o2)cc1. The van der Waals surface area contributed by atoms with Crippen molar-refractivity contribution in [2.75, 3.05) is 18.9 Å². The lowest BCUT2D eigenvalue weighted by Gasteiger charge is -2.16. The predicted octanol–water partition coefficient (Wildman–Crippen LogP) is 2.80. The second-order valence-corrected chi connectivity index (χ2v) is 8.35. The number of nitrogens with one attached hydrogen (secondary N) is 1. The summed E-state index contributed by atoms with van der Waals surface area (Å²) in [7, 11) is -2.04. The van der Waals surface area contributed by atoms with Crippen LogP contribution in [0.5, 0.6) is 0 Å². The summed E-state index contributed by atoms with van der Waals surface area (Å²) >= 11 is 0. The topological polar surface area (TPSA) is 118 Å². The van der Waals surface area contributed by atoms with Crippen LogP contribution in [0.3, 0.4) is 0 Å². The number of sulfonamides is 1. The molecule has 2 heterocycles. The van der Waals surface area contributed by atoms with Crippen molar-refractivity contribution in [1.82, 2.24) is 19.5 Å². The van der Waals surface area contributed by atoms with Crippen LogP contribution >= 0.6 is 0 Å². The number of pyridine rings is 1. The molecule has 0 fully saturated rings. The molecule has 0 unspecified atom stereocenters. The number of hydrogen-bond donors (Lipinski definition) is 1. The van der Waals surface area contributed by atoms with Gasteiger partial charge in [-0.2, -0.15) is 0 Å². The third-order valence-corrected chi connectivity index (χ3v) is 6.10. The number of nitrogens with zero attached hydrogens (tertiary/aromatic N) is 4. The molecular weight excluding hydrogens is 394 g/mol. The fourth-order valence-electron chi connectivity index (χ4n) is 2.51. The number of rotatable bonds is 8. The Morgan fingerprint density at radius 3 is 2.45 bits per heavy atom. The molecule has 1 N–H and O–H groups in total. The molecule has 0 spiro atoms. The van der Waals surface area contributed by atoms with Crippen LogP contribution in [-0.4, -0.2) is 47.4 Å². The molecule has 3 aromatic rings. The highest BCUT2D eigenvalue weighted by Crippen LogP contribution is 2.20. The molecule has 9 nitrogen and oxygen atoms in total. The molecule has 152 valence electrons. The summed E-state index contributed by atoms with van der Waals surface area (Å²) in [5.41, 5.74) is 0.943. The third kappa shape index (κ3) is 4.84. The fraction of sp³-hybridized carbons (Fsp3) is 0.263. The van der Waals surface area contributed by atoms with E-state index >= 15 is 0 Å². The largest absolute Gasteiger partial charge is 0.403 e. The van der Waals surface area contributed by atoms with Crippen molar-refractivity contribution in [2.24, 2.45) is 0 Å². The van der Waals surface area contributed by atoms with Gasteiger partial charge in [-0.25, -0.2) is 12.7 Å². The van der Waals surface area contributed by atoms with E-state index in [1.165, 1.54) is 28.6 Å². The predicted molar refractivity (Wildman–Crippen MR) is 107 cm³/mol. The van der Waals surface area contributed by atoms with Gasteiger partial charge in [-0.3, -0.25) is 15.1 Å². The van der Waals surface area contributed by atoms with Crippen molar-refractivity contribution in [3.63, 3.8) is 0 Å². The Morgan fingerprint density at radius 2 is 1.79 bits per heavy atom. The van der Waals surface area contributed by atoms with Crippen molar-refractivity contribution in [1.29, 1.82) is 0 Å². The maximum atomic E-state index is 12.5. The maximum Gasteiger partial charge on any atom is 0.322 e. The normalized spacial score (nSPS) is 11.6. The highest BCUT2D eigenvalue weighted by atomic mass is 32.2. The van der Waals surface area contributed by atoms with Gasteiger partial charge in [0.25, 0.3) is 5.91 Å². The van der Waals surface area contributed by atoms with Gasteiger partial charge in [0.05, 0.1) is 4.90 Å². The number of aromatic nitrogens is 3. The van der Waals surface area contributed by atoms with E-state index in [0.29, 0.717) is 12.1 Å². The van der Waals surface area contributed by atoms with Gasteiger partial charge >= 0.3 is 6.01 Å². The Hall–Kier alpha value is -3.11. The highest BCUT2D eigenvalue weighted by Gasteiger charge is 2.21. The van der Waals surface area contributed by atoms with Crippen LogP contribution in [0.15, 0.2) is 58.1 Å². The van der Waals surface area contributed by atoms with Crippen LogP contribution in [-0.2, 0) is 10.0 Å². The van der Waals surface area contributed by atoms with Crippen molar-refractivity contribution in [2.45, 2.75) is 24.7 Å². The molecule has 0 bridgehead atoms. The number of carbonyl (C=O) groups is 1. The standard InChI is InChI=1S/C19H21N5O4S/c1-3-4-13-24(2)29(26,27)16-7-5-14(6-8-16)17(25)21-19-23-22-18(28-19)15-9-11-20-12-10-15/h5-12H,3-4,13H2,1-2H3,(H,21,23,25). The van der Waals surface area contributed by atoms with Crippen LogP contribution in [0.4, 0.5) is 6.01 Å². The maximum absolute atomic E-state index is 12.5. The van der Waals surface area contributed by atoms with E-state index in [1.807, 2.05) is 6.92 Å². The molecule has 0 aliphatic heterocycles. The smallest absolute Gasteiger partial charge is 0.322 e. The van der Waals surface area contributed by atoms with Crippen LogP contribution in [0, 0.1) is 0 Å². The summed E-state index contributed by atoms with van der Waals surface area (Å²) in [6.45, 7) is 2.44. The first-order chi connectivity index (χ1) is 13.9. The Kier molecular flexibility index (Phi) is 6.35. The van der Waals surface area contributed by atoms with E-state index in [1.54, 1.807) is 31.6 Å². The minimum absolute atomic E-state index is 0.0576. The zero-order chi connectivity index (χ0) is 20.9. The van der Waals surface area contributed by atoms with E-state index in [9.17, 15) is 13.2 Å². The minimum atomic E-state index is -3.58. The summed E-state index contributed by atoms with van der Waals surface area (Å²) in [5, 5.41) is 10.2. The van der Waals surface area contributed by atoms with Gasteiger partial charge < -0.3 is 4.42 Å². The average molecular weight is 415 g/mol. The molecule has 29 heavy (non-hydrogen) atoms. The molecule has 0 saturated heterocycles. The molecule has 0 aliphatic carbocycles. The quantitative estimate of drug-likeness (QED) is 0.601. The lowest BCUT2D eigenvalue weighted by Crippen LogP contribution is -2.28. The molecule has 3 rings (SSSR count). The van der Waals surface area contributed by atoms with Gasteiger partial charge in [0, 0.05) is 37.1 Å². The van der Waals surface area contributed by atoms with E-state index in [-0.39, 0.29) is 22.4 Å². The van der Waals surface area contributed by atoms with Crippen LogP contribution in [0.2, 0.25) is 0 Å². The summed E-state index contributed by atoms with van der Waals surface area (Å²) in [5.74, 6) is -0.238. The highest BCUT2D eigenvalue weighted by molar-refractivity contribution is 7.89. The van der Waals surface area contributed by atoms with E-state index in [0.717, 1.165) is 12.8 Å². The molecule has 0 atom stereocenters. The Balaban J connectivity index is 1.69. The number of hydrogen-bond acceptors (Lipinski definition) is 7. The third-order valence-electron chi connectivity index (χ3n) is 4.22. The van der Waals surface area contributed by atoms with Gasteiger partial charge in [-0.1, -0.05) is 18.4 Å². The number of unbranched alkanes of at least 4 members (excludes halogenated alkanes) is 1. The van der Waals surface area contributed by atoms with Crippen LogP contribution in [0.25, 0.3) is 11.5 Å². The fourth-order valence-corrected chi connectivity index (χ4v) is 3.72. The summed E-state index contributed by atoms with van der Waals surface area (Å²) in [6.07, 6.45) is 4.86. The van der Waals surface area contributed by atoms with Crippen molar-refractivity contribution in [3.8, 4) is 11.5 Å². The van der Waals surface area contributed by atoms with Gasteiger partial charge in [-0.15, -0.1) is 5.10 Å². The summed E-state index contributed by atoms with van der Waals surface area (Å²) in [6, 6.07) is 9.04. The van der Waals surface area contributed by atoms with E-state index < -0.39 is 15.9 Å². The zero-order valence-corrected chi connectivity index (χ0v) is 16.9. The van der Waals surface area contributed by atoms with Crippen molar-refractivity contribution in [3.05, 3.63) is 54.4 Å². The Bertz CT molecular complexity index is 1070. The van der Waals surface area contributed by atoms with Gasteiger partial charge in [0.15, 0.2) is 0 Å². The lowest BCUT2D eigenvalue weighted by molar-refractivity contribution is 0.102. The number of amides is 1. The molecule has 0 radical (unpaired) electrons. The molecule has 10 heteroatoms. The number of anilines is 1. The first-order valence-corrected chi connectivity index (χ1v) is 10.5. The summed E-state index contributed by atoms with van der Waals surface area (Å²) in [4.78, 5) is 16.4. The molecule has 2 aromatic heterocycles. The van der Waals surface area contributed by atoms with Gasteiger partial charge in [-0.05, 0) is 42.8 Å². The first-order valence-electron chi connectivity index (χ1n) is 9.03. The van der Waals surface area contributed by atoms with Gasteiger partial charge in [0.1, 0.15) is 0 Å². The second-order valence-electron chi connectivity index (χ2n) is 6.31. The average Bonchev–Trinajstić information content (AvgIpc) is 3.21. The lowest BCUT2D eigenvalue weighted by atomic mass is 10.2. The van der Waals surface area contributed by atoms with Crippen molar-refractivity contribution < 1.29 is 17.6 Å². The zero-order valence-electron chi connectivity index (χ0n) is 16.1. The Morgan fingerprint density at radius 1 is 1.10 bits per heavy atom. The first kappa shape index (κ1) is 20.6. The van der Waals surface area contributed by atoms with E-state index in [4.69, 9.17) is 4.42 Å². The monoisotopic (exact) mass is 415 g/mol. The molecule has 1 amide bonds. The molecule has 0 saturated carbocycles. The van der Waals surface area contributed by atoms with E-state index in [2.05, 4.69) is 20.5 Å². The van der Waals surface area contributed by atoms with Gasteiger partial charge in [0.2, 0.25) is 15.9 Å². The van der Waals surface area contributed by atoms with Crippen LogP contribution < -0.4 is 5.32 Å².